The van der Waals surface area contributed by atoms with Gasteiger partial charge in [0, 0.05) is 12.2 Å². The summed E-state index contributed by atoms with van der Waals surface area (Å²) in [5.41, 5.74) is 2.11. The molecule has 3 heterocycles. The Kier molecular flexibility index (Phi) is 3.48. The van der Waals surface area contributed by atoms with E-state index in [9.17, 15) is 9.18 Å². The molecule has 2 aromatic carbocycles. The smallest absolute Gasteiger partial charge is 0.323 e. The molecule has 4 aromatic rings. The maximum absolute atomic E-state index is 13.3. The Morgan fingerprint density at radius 3 is 2.67 bits per heavy atom. The highest BCUT2D eigenvalue weighted by Gasteiger charge is 2.43. The van der Waals surface area contributed by atoms with Crippen molar-refractivity contribution in [2.24, 2.45) is 0 Å². The molecule has 1 unspecified atom stereocenters. The van der Waals surface area contributed by atoms with Crippen molar-refractivity contribution in [1.82, 2.24) is 20.1 Å². The van der Waals surface area contributed by atoms with Crippen LogP contribution in [-0.4, -0.2) is 33.3 Å². The summed E-state index contributed by atoms with van der Waals surface area (Å²) in [6.45, 7) is 0.972. The zero-order valence-electron chi connectivity index (χ0n) is 14.2. The number of ether oxygens (including phenoxy) is 1. The fourth-order valence-corrected chi connectivity index (χ4v) is 3.57. The number of halogens is 1. The number of aromatic amines is 2. The van der Waals surface area contributed by atoms with Crippen molar-refractivity contribution in [3.05, 3.63) is 70.2 Å². The van der Waals surface area contributed by atoms with Gasteiger partial charge in [0.25, 0.3) is 5.89 Å². The number of H-pyrrole nitrogens is 2. The monoisotopic (exact) mass is 366 g/mol. The first-order valence-electron chi connectivity index (χ1n) is 8.54. The van der Waals surface area contributed by atoms with Crippen LogP contribution in [0.1, 0.15) is 17.8 Å². The van der Waals surface area contributed by atoms with Crippen LogP contribution in [0.5, 0.6) is 0 Å². The van der Waals surface area contributed by atoms with Crippen LogP contribution < -0.4 is 5.69 Å². The Hall–Kier alpha value is -3.26. The van der Waals surface area contributed by atoms with E-state index in [2.05, 4.69) is 20.1 Å². The number of hydrogen-bond acceptors (Lipinski definition) is 5. The van der Waals surface area contributed by atoms with E-state index in [1.807, 2.05) is 0 Å². The van der Waals surface area contributed by atoms with E-state index in [-0.39, 0.29) is 11.5 Å². The molecule has 2 aromatic heterocycles. The zero-order valence-corrected chi connectivity index (χ0v) is 14.2. The van der Waals surface area contributed by atoms with Crippen LogP contribution in [0.4, 0.5) is 4.39 Å². The number of nitrogens with one attached hydrogen (secondary N) is 2. The number of fused-ring (bicyclic) bond motifs is 1. The molecule has 1 fully saturated rings. The van der Waals surface area contributed by atoms with Crippen molar-refractivity contribution in [2.75, 3.05) is 13.2 Å². The number of nitrogens with zero attached hydrogens (tertiary/aromatic N) is 2. The molecule has 0 saturated carbocycles. The summed E-state index contributed by atoms with van der Waals surface area (Å²) in [5, 5.41) is 4.19. The molecule has 0 spiro atoms. The zero-order chi connectivity index (χ0) is 18.4. The molecule has 27 heavy (non-hydrogen) atoms. The topological polar surface area (TPSA) is 96.8 Å². The summed E-state index contributed by atoms with van der Waals surface area (Å²) >= 11 is 0. The predicted molar refractivity (Wildman–Crippen MR) is 94.8 cm³/mol. The highest BCUT2D eigenvalue weighted by atomic mass is 19.1. The lowest BCUT2D eigenvalue weighted by molar-refractivity contribution is 0.182. The number of rotatable bonds is 3. The summed E-state index contributed by atoms with van der Waals surface area (Å²) < 4.78 is 24.5. The molecule has 136 valence electrons. The van der Waals surface area contributed by atoms with Crippen molar-refractivity contribution < 1.29 is 13.7 Å². The van der Waals surface area contributed by atoms with Gasteiger partial charge in [-0.25, -0.2) is 9.18 Å². The minimum absolute atomic E-state index is 0.272. The largest absolute Gasteiger partial charge is 0.380 e. The molecule has 1 aliphatic heterocycles. The first-order chi connectivity index (χ1) is 13.1. The van der Waals surface area contributed by atoms with Crippen LogP contribution in [0.2, 0.25) is 0 Å². The van der Waals surface area contributed by atoms with Crippen LogP contribution in [-0.2, 0) is 10.2 Å². The van der Waals surface area contributed by atoms with Crippen molar-refractivity contribution in [3.63, 3.8) is 0 Å². The molecule has 0 radical (unpaired) electrons. The van der Waals surface area contributed by atoms with Gasteiger partial charge in [-0.2, -0.15) is 4.98 Å². The number of hydrogen-bond donors (Lipinski definition) is 2. The molecular formula is C19H15FN4O3. The van der Waals surface area contributed by atoms with Crippen molar-refractivity contribution in [2.45, 2.75) is 11.8 Å². The van der Waals surface area contributed by atoms with E-state index in [4.69, 9.17) is 9.26 Å². The summed E-state index contributed by atoms with van der Waals surface area (Å²) in [6.07, 6.45) is 0.682. The minimum Gasteiger partial charge on any atom is -0.380 e. The summed E-state index contributed by atoms with van der Waals surface area (Å²) in [5.74, 6) is 0.557. The molecule has 7 nitrogen and oxygen atoms in total. The molecule has 5 rings (SSSR count). The lowest BCUT2D eigenvalue weighted by Crippen LogP contribution is -2.29. The van der Waals surface area contributed by atoms with Gasteiger partial charge < -0.3 is 19.2 Å². The Morgan fingerprint density at radius 1 is 1.07 bits per heavy atom. The Bertz CT molecular complexity index is 1170. The fourth-order valence-electron chi connectivity index (χ4n) is 3.57. The van der Waals surface area contributed by atoms with Gasteiger partial charge in [-0.1, -0.05) is 17.3 Å². The lowest BCUT2D eigenvalue weighted by atomic mass is 9.79. The maximum atomic E-state index is 13.3. The van der Waals surface area contributed by atoms with Crippen LogP contribution in [0.25, 0.3) is 22.5 Å². The molecule has 0 amide bonds. The highest BCUT2D eigenvalue weighted by molar-refractivity contribution is 5.79. The second-order valence-electron chi connectivity index (χ2n) is 6.65. The first-order valence-corrected chi connectivity index (χ1v) is 8.54. The Balaban J connectivity index is 1.58. The second-order valence-corrected chi connectivity index (χ2v) is 6.65. The van der Waals surface area contributed by atoms with Crippen LogP contribution >= 0.6 is 0 Å². The van der Waals surface area contributed by atoms with Gasteiger partial charge >= 0.3 is 5.69 Å². The van der Waals surface area contributed by atoms with Gasteiger partial charge in [-0.15, -0.1) is 0 Å². The third kappa shape index (κ3) is 2.57. The molecular weight excluding hydrogens is 351 g/mol. The Labute approximate surface area is 152 Å². The van der Waals surface area contributed by atoms with Gasteiger partial charge in [-0.05, 0) is 42.3 Å². The maximum Gasteiger partial charge on any atom is 0.323 e. The van der Waals surface area contributed by atoms with E-state index in [1.165, 1.54) is 12.1 Å². The number of aromatic nitrogens is 4. The highest BCUT2D eigenvalue weighted by Crippen LogP contribution is 2.39. The van der Waals surface area contributed by atoms with E-state index in [0.29, 0.717) is 47.9 Å². The van der Waals surface area contributed by atoms with Crippen LogP contribution in [0.3, 0.4) is 0 Å². The third-order valence-electron chi connectivity index (χ3n) is 5.04. The van der Waals surface area contributed by atoms with E-state index in [1.54, 1.807) is 30.3 Å². The van der Waals surface area contributed by atoms with Crippen molar-refractivity contribution in [3.8, 4) is 11.5 Å². The minimum atomic E-state index is -0.568. The average molecular weight is 366 g/mol. The summed E-state index contributed by atoms with van der Waals surface area (Å²) in [6, 6.07) is 11.7. The van der Waals surface area contributed by atoms with E-state index in [0.717, 1.165) is 5.56 Å². The quantitative estimate of drug-likeness (QED) is 0.581. The third-order valence-corrected chi connectivity index (χ3v) is 5.04. The normalized spacial score (nSPS) is 19.7. The van der Waals surface area contributed by atoms with Gasteiger partial charge in [0.15, 0.2) is 5.82 Å². The predicted octanol–water partition coefficient (Wildman–Crippen LogP) is 2.75. The molecule has 2 N–H and O–H groups in total. The summed E-state index contributed by atoms with van der Waals surface area (Å²) in [4.78, 5) is 21.4. The van der Waals surface area contributed by atoms with Gasteiger partial charge in [-0.3, -0.25) is 0 Å². The van der Waals surface area contributed by atoms with Crippen LogP contribution in [0.15, 0.2) is 51.8 Å². The molecule has 1 atom stereocenters. The average Bonchev–Trinajstić information content (AvgIpc) is 3.40. The Morgan fingerprint density at radius 2 is 1.89 bits per heavy atom. The standard InChI is InChI=1S/C19H15FN4O3/c20-13-4-2-12(3-5-13)19(7-8-26-10-19)17-23-16(27-24-17)11-1-6-14-15(9-11)22-18(25)21-14/h1-6,9H,7-8,10H2,(H2,21,22,25). The molecule has 0 aliphatic carbocycles. The second kappa shape index (κ2) is 5.88. The first kappa shape index (κ1) is 16.0. The summed E-state index contributed by atoms with van der Waals surface area (Å²) in [7, 11) is 0. The van der Waals surface area contributed by atoms with Gasteiger partial charge in [0.05, 0.1) is 23.1 Å². The molecule has 0 bridgehead atoms. The molecule has 8 heteroatoms. The van der Waals surface area contributed by atoms with E-state index >= 15 is 0 Å². The van der Waals surface area contributed by atoms with E-state index < -0.39 is 5.41 Å². The molecule has 1 saturated heterocycles. The van der Waals surface area contributed by atoms with Gasteiger partial charge in [0.1, 0.15) is 5.82 Å². The lowest BCUT2D eigenvalue weighted by Gasteiger charge is -2.23. The van der Waals surface area contributed by atoms with Crippen LogP contribution in [0, 0.1) is 5.82 Å². The fraction of sp³-hybridized carbons (Fsp3) is 0.211. The van der Waals surface area contributed by atoms with Crippen molar-refractivity contribution >= 4 is 11.0 Å². The van der Waals surface area contributed by atoms with Gasteiger partial charge in [0.2, 0.25) is 0 Å². The number of imidazole rings is 1. The SMILES string of the molecule is O=c1[nH]c2ccc(-c3nc(C4(c5ccc(F)cc5)CCOC4)no3)cc2[nH]1. The molecule has 1 aliphatic rings. The van der Waals surface area contributed by atoms with Crippen molar-refractivity contribution in [1.29, 1.82) is 0 Å². The number of benzene rings is 2.